The first kappa shape index (κ1) is 18.2. The maximum absolute atomic E-state index is 12.5. The third kappa shape index (κ3) is 3.50. The normalized spacial score (nSPS) is 16.7. The van der Waals surface area contributed by atoms with E-state index in [0.717, 1.165) is 4.90 Å². The molecule has 0 unspecified atom stereocenters. The fraction of sp³-hybridized carbons (Fsp3) is 0.412. The zero-order valence-electron chi connectivity index (χ0n) is 14.0. The molecule has 0 aromatic heterocycles. The Morgan fingerprint density at radius 1 is 0.962 bits per heavy atom. The zero-order valence-corrected chi connectivity index (χ0v) is 14.8. The fourth-order valence-electron chi connectivity index (χ4n) is 2.97. The number of amides is 4. The predicted octanol–water partition coefficient (Wildman–Crippen LogP) is 0.802. The van der Waals surface area contributed by atoms with Crippen molar-refractivity contribution in [2.45, 2.75) is 0 Å². The van der Waals surface area contributed by atoms with E-state index < -0.39 is 17.9 Å². The van der Waals surface area contributed by atoms with E-state index in [0.29, 0.717) is 37.3 Å². The molecule has 2 aliphatic rings. The second-order valence-electron chi connectivity index (χ2n) is 5.91. The molecule has 9 heteroatoms. The van der Waals surface area contributed by atoms with Crippen LogP contribution in [0.4, 0.5) is 4.79 Å². The molecule has 2 heterocycles. The molecule has 138 valence electrons. The summed E-state index contributed by atoms with van der Waals surface area (Å²) in [5.41, 5.74) is 0.634. The third-order valence-electron chi connectivity index (χ3n) is 4.36. The largest absolute Gasteiger partial charge is 0.448 e. The van der Waals surface area contributed by atoms with Crippen LogP contribution in [-0.4, -0.2) is 83.7 Å². The summed E-state index contributed by atoms with van der Waals surface area (Å²) >= 11 is 5.48. The average molecular weight is 380 g/mol. The number of carbonyl (C=O) groups is 4. The van der Waals surface area contributed by atoms with Crippen LogP contribution < -0.4 is 0 Å². The van der Waals surface area contributed by atoms with Crippen molar-refractivity contribution in [3.05, 3.63) is 35.4 Å². The number of piperazine rings is 1. The van der Waals surface area contributed by atoms with E-state index >= 15 is 0 Å². The Morgan fingerprint density at radius 3 is 2.04 bits per heavy atom. The maximum Gasteiger partial charge on any atom is 0.409 e. The van der Waals surface area contributed by atoms with E-state index in [-0.39, 0.29) is 24.9 Å². The summed E-state index contributed by atoms with van der Waals surface area (Å²) in [4.78, 5) is 52.9. The average Bonchev–Trinajstić information content (AvgIpc) is 2.91. The van der Waals surface area contributed by atoms with Gasteiger partial charge in [-0.15, -0.1) is 11.6 Å². The fourth-order valence-corrected chi connectivity index (χ4v) is 3.05. The second-order valence-corrected chi connectivity index (χ2v) is 6.29. The molecule has 0 bridgehead atoms. The number of alkyl halides is 1. The van der Waals surface area contributed by atoms with Gasteiger partial charge in [-0.25, -0.2) is 4.79 Å². The molecule has 0 atom stereocenters. The molecule has 0 saturated carbocycles. The van der Waals surface area contributed by atoms with Crippen molar-refractivity contribution < 1.29 is 23.9 Å². The van der Waals surface area contributed by atoms with Crippen LogP contribution in [0.15, 0.2) is 24.3 Å². The summed E-state index contributed by atoms with van der Waals surface area (Å²) in [7, 11) is 0. The summed E-state index contributed by atoms with van der Waals surface area (Å²) in [6.07, 6.45) is -0.460. The minimum absolute atomic E-state index is 0.138. The lowest BCUT2D eigenvalue weighted by Crippen LogP contribution is -2.53. The molecule has 2 aliphatic heterocycles. The van der Waals surface area contributed by atoms with Crippen LogP contribution in [0.3, 0.4) is 0 Å². The number of nitrogens with zero attached hydrogens (tertiary/aromatic N) is 3. The van der Waals surface area contributed by atoms with Gasteiger partial charge in [0.15, 0.2) is 0 Å². The maximum atomic E-state index is 12.5. The van der Waals surface area contributed by atoms with Gasteiger partial charge < -0.3 is 14.5 Å². The standard InChI is InChI=1S/C17H18ClN3O5/c18-5-10-26-17(25)20-8-6-19(7-9-20)14(22)11-21-15(23)12-3-1-2-4-13(12)16(21)24/h1-4H,5-11H2. The van der Waals surface area contributed by atoms with E-state index in [9.17, 15) is 19.2 Å². The smallest absolute Gasteiger partial charge is 0.409 e. The van der Waals surface area contributed by atoms with Crippen LogP contribution in [0.25, 0.3) is 0 Å². The molecule has 0 spiro atoms. The first-order chi connectivity index (χ1) is 12.5. The second kappa shape index (κ2) is 7.74. The number of ether oxygens (including phenoxy) is 1. The number of fused-ring (bicyclic) bond motifs is 1. The van der Waals surface area contributed by atoms with Crippen molar-refractivity contribution in [2.75, 3.05) is 45.2 Å². The Kier molecular flexibility index (Phi) is 5.41. The molecule has 26 heavy (non-hydrogen) atoms. The van der Waals surface area contributed by atoms with Gasteiger partial charge in [0.25, 0.3) is 11.8 Å². The van der Waals surface area contributed by atoms with Crippen LogP contribution in [0.2, 0.25) is 0 Å². The highest BCUT2D eigenvalue weighted by molar-refractivity contribution is 6.22. The van der Waals surface area contributed by atoms with Crippen molar-refractivity contribution in [3.63, 3.8) is 0 Å². The minimum atomic E-state index is -0.460. The van der Waals surface area contributed by atoms with Gasteiger partial charge in [0.05, 0.1) is 17.0 Å². The number of halogens is 1. The van der Waals surface area contributed by atoms with Gasteiger partial charge in [0, 0.05) is 26.2 Å². The highest BCUT2D eigenvalue weighted by Gasteiger charge is 2.37. The number of hydrogen-bond donors (Lipinski definition) is 0. The van der Waals surface area contributed by atoms with Crippen molar-refractivity contribution in [2.24, 2.45) is 0 Å². The van der Waals surface area contributed by atoms with E-state index in [1.807, 2.05) is 0 Å². The van der Waals surface area contributed by atoms with Crippen molar-refractivity contribution >= 4 is 35.4 Å². The highest BCUT2D eigenvalue weighted by atomic mass is 35.5. The summed E-state index contributed by atoms with van der Waals surface area (Å²) in [5, 5.41) is 0. The molecule has 1 saturated heterocycles. The summed E-state index contributed by atoms with van der Waals surface area (Å²) in [6.45, 7) is 1.13. The minimum Gasteiger partial charge on any atom is -0.448 e. The monoisotopic (exact) mass is 379 g/mol. The molecule has 0 N–H and O–H groups in total. The van der Waals surface area contributed by atoms with Gasteiger partial charge in [-0.3, -0.25) is 19.3 Å². The van der Waals surface area contributed by atoms with Gasteiger partial charge in [-0.05, 0) is 12.1 Å². The zero-order chi connectivity index (χ0) is 18.7. The van der Waals surface area contributed by atoms with Crippen LogP contribution in [-0.2, 0) is 9.53 Å². The Morgan fingerprint density at radius 2 is 1.50 bits per heavy atom. The molecule has 8 nitrogen and oxygen atoms in total. The lowest BCUT2D eigenvalue weighted by Gasteiger charge is -2.34. The molecule has 1 aromatic rings. The summed E-state index contributed by atoms with van der Waals surface area (Å²) in [5.74, 6) is -1.01. The molecule has 0 radical (unpaired) electrons. The van der Waals surface area contributed by atoms with Gasteiger partial charge in [0.2, 0.25) is 5.91 Å². The van der Waals surface area contributed by atoms with Crippen molar-refractivity contribution in [1.82, 2.24) is 14.7 Å². The van der Waals surface area contributed by atoms with Crippen molar-refractivity contribution in [1.29, 1.82) is 0 Å². The van der Waals surface area contributed by atoms with Crippen LogP contribution in [0.5, 0.6) is 0 Å². The quantitative estimate of drug-likeness (QED) is 0.570. The Bertz CT molecular complexity index is 711. The van der Waals surface area contributed by atoms with Crippen LogP contribution >= 0.6 is 11.6 Å². The Labute approximate surface area is 155 Å². The summed E-state index contributed by atoms with van der Waals surface area (Å²) < 4.78 is 4.95. The van der Waals surface area contributed by atoms with E-state index in [1.54, 1.807) is 24.3 Å². The van der Waals surface area contributed by atoms with Crippen LogP contribution in [0.1, 0.15) is 20.7 Å². The summed E-state index contributed by atoms with van der Waals surface area (Å²) in [6, 6.07) is 6.51. The Balaban J connectivity index is 1.55. The third-order valence-corrected chi connectivity index (χ3v) is 4.52. The number of imide groups is 1. The first-order valence-electron chi connectivity index (χ1n) is 8.23. The molecular formula is C17H18ClN3O5. The number of carbonyl (C=O) groups excluding carboxylic acids is 4. The van der Waals surface area contributed by atoms with Gasteiger partial charge >= 0.3 is 6.09 Å². The highest BCUT2D eigenvalue weighted by Crippen LogP contribution is 2.22. The number of benzene rings is 1. The molecular weight excluding hydrogens is 362 g/mol. The topological polar surface area (TPSA) is 87.2 Å². The lowest BCUT2D eigenvalue weighted by atomic mass is 10.1. The van der Waals surface area contributed by atoms with Crippen molar-refractivity contribution in [3.8, 4) is 0 Å². The first-order valence-corrected chi connectivity index (χ1v) is 8.77. The molecule has 1 fully saturated rings. The van der Waals surface area contributed by atoms with E-state index in [2.05, 4.69) is 0 Å². The lowest BCUT2D eigenvalue weighted by molar-refractivity contribution is -0.133. The SMILES string of the molecule is O=C(CN1C(=O)c2ccccc2C1=O)N1CCN(C(=O)OCCCl)CC1. The van der Waals surface area contributed by atoms with Gasteiger partial charge in [0.1, 0.15) is 13.2 Å². The predicted molar refractivity (Wildman–Crippen MR) is 92.0 cm³/mol. The Hall–Kier alpha value is -2.61. The van der Waals surface area contributed by atoms with Gasteiger partial charge in [-0.2, -0.15) is 0 Å². The number of hydrogen-bond acceptors (Lipinski definition) is 5. The molecule has 4 amide bonds. The van der Waals surface area contributed by atoms with Gasteiger partial charge in [-0.1, -0.05) is 12.1 Å². The molecule has 3 rings (SSSR count). The van der Waals surface area contributed by atoms with E-state index in [1.165, 1.54) is 9.80 Å². The van der Waals surface area contributed by atoms with E-state index in [4.69, 9.17) is 16.3 Å². The molecule has 1 aromatic carbocycles. The number of rotatable bonds is 4. The van der Waals surface area contributed by atoms with Crippen LogP contribution in [0, 0.1) is 0 Å². The molecule has 0 aliphatic carbocycles.